The van der Waals surface area contributed by atoms with Crippen LogP contribution in [0.1, 0.15) is 5.56 Å². The summed E-state index contributed by atoms with van der Waals surface area (Å²) in [5.74, 6) is 0.494. The maximum absolute atomic E-state index is 8.43. The van der Waals surface area contributed by atoms with Gasteiger partial charge >= 0.3 is 0 Å². The van der Waals surface area contributed by atoms with E-state index in [1.165, 1.54) is 0 Å². The highest BCUT2D eigenvalue weighted by Gasteiger charge is 2.09. The maximum atomic E-state index is 8.43. The van der Waals surface area contributed by atoms with Crippen LogP contribution in [-0.4, -0.2) is 13.2 Å². The Morgan fingerprint density at radius 2 is 2.13 bits per heavy atom. The molecule has 0 aromatic heterocycles. The molecule has 80 valence electrons. The van der Waals surface area contributed by atoms with Crippen LogP contribution in [0.2, 0.25) is 10.0 Å². The van der Waals surface area contributed by atoms with E-state index in [0.29, 0.717) is 28.8 Å². The Morgan fingerprint density at radius 1 is 1.40 bits per heavy atom. The van der Waals surface area contributed by atoms with Gasteiger partial charge in [-0.2, -0.15) is 5.26 Å². The molecule has 0 aliphatic rings. The van der Waals surface area contributed by atoms with E-state index in [2.05, 4.69) is 0 Å². The number of nitrogens with zero attached hydrogens (tertiary/aromatic N) is 1. The molecule has 1 rings (SSSR count). The largest absolute Gasteiger partial charge is 0.477 e. The fraction of sp³-hybridized carbons (Fsp3) is 0.300. The van der Waals surface area contributed by atoms with E-state index in [0.717, 1.165) is 5.56 Å². The lowest BCUT2D eigenvalue weighted by Gasteiger charge is -2.11. The Hall–Kier alpha value is -0.950. The van der Waals surface area contributed by atoms with Crippen molar-refractivity contribution in [2.24, 2.45) is 5.73 Å². The first-order valence-corrected chi connectivity index (χ1v) is 5.12. The van der Waals surface area contributed by atoms with E-state index >= 15 is 0 Å². The van der Waals surface area contributed by atoms with Crippen LogP contribution in [0.5, 0.6) is 5.75 Å². The summed E-state index contributed by atoms with van der Waals surface area (Å²) in [6, 6.07) is 5.20. The quantitative estimate of drug-likeness (QED) is 0.885. The summed E-state index contributed by atoms with van der Waals surface area (Å²) in [5.41, 5.74) is 6.28. The van der Waals surface area contributed by atoms with Crippen LogP contribution in [0, 0.1) is 11.3 Å². The predicted molar refractivity (Wildman–Crippen MR) is 60.3 cm³/mol. The van der Waals surface area contributed by atoms with Crippen molar-refractivity contribution in [1.29, 1.82) is 5.26 Å². The molecule has 0 heterocycles. The van der Waals surface area contributed by atoms with Gasteiger partial charge in [0.1, 0.15) is 11.8 Å². The smallest absolute Gasteiger partial charge is 0.174 e. The van der Waals surface area contributed by atoms with Crippen LogP contribution < -0.4 is 10.5 Å². The molecule has 0 aliphatic heterocycles. The molecule has 1 aromatic rings. The summed E-state index contributed by atoms with van der Waals surface area (Å²) in [5, 5.41) is 9.36. The van der Waals surface area contributed by atoms with Crippen molar-refractivity contribution >= 4 is 23.2 Å². The number of nitrogens with two attached hydrogens (primary N) is 1. The molecule has 0 unspecified atom stereocenters. The number of halogens is 2. The van der Waals surface area contributed by atoms with Crippen LogP contribution in [0.4, 0.5) is 0 Å². The van der Waals surface area contributed by atoms with Crippen LogP contribution in [-0.2, 0) is 6.42 Å². The lowest BCUT2D eigenvalue weighted by atomic mass is 10.1. The molecule has 0 amide bonds. The minimum Gasteiger partial charge on any atom is -0.477 e. The number of hydrogen-bond acceptors (Lipinski definition) is 3. The summed E-state index contributed by atoms with van der Waals surface area (Å²) in [6.07, 6.45) is 0.612. The first-order valence-electron chi connectivity index (χ1n) is 4.36. The third-order valence-electron chi connectivity index (χ3n) is 1.78. The fourth-order valence-corrected chi connectivity index (χ4v) is 1.81. The van der Waals surface area contributed by atoms with Crippen LogP contribution in [0.3, 0.4) is 0 Å². The summed E-state index contributed by atoms with van der Waals surface area (Å²) in [4.78, 5) is 0. The van der Waals surface area contributed by atoms with Gasteiger partial charge in [-0.05, 0) is 30.7 Å². The van der Waals surface area contributed by atoms with Crippen molar-refractivity contribution in [3.8, 4) is 11.8 Å². The second kappa shape index (κ2) is 5.82. The lowest BCUT2D eigenvalue weighted by molar-refractivity contribution is 0.364. The minimum absolute atomic E-state index is 0.0427. The van der Waals surface area contributed by atoms with Gasteiger partial charge in [-0.25, -0.2) is 0 Å². The monoisotopic (exact) mass is 244 g/mol. The molecule has 0 saturated heterocycles. The van der Waals surface area contributed by atoms with Gasteiger partial charge in [0.05, 0.1) is 5.02 Å². The van der Waals surface area contributed by atoms with Gasteiger partial charge in [0, 0.05) is 5.02 Å². The lowest BCUT2D eigenvalue weighted by Crippen LogP contribution is -2.06. The molecule has 0 aliphatic carbocycles. The predicted octanol–water partition coefficient (Wildman–Crippen LogP) is 2.40. The zero-order valence-electron chi connectivity index (χ0n) is 7.96. The number of benzene rings is 1. The van der Waals surface area contributed by atoms with Gasteiger partial charge in [0.25, 0.3) is 0 Å². The maximum Gasteiger partial charge on any atom is 0.174 e. The summed E-state index contributed by atoms with van der Waals surface area (Å²) in [7, 11) is 0. The second-order valence-electron chi connectivity index (χ2n) is 2.86. The molecule has 0 radical (unpaired) electrons. The highest BCUT2D eigenvalue weighted by atomic mass is 35.5. The Kier molecular flexibility index (Phi) is 4.70. The Labute approximate surface area is 98.3 Å². The van der Waals surface area contributed by atoms with Gasteiger partial charge in [-0.3, -0.25) is 0 Å². The summed E-state index contributed by atoms with van der Waals surface area (Å²) < 4.78 is 5.22. The molecule has 0 atom stereocenters. The first kappa shape index (κ1) is 12.1. The first-order chi connectivity index (χ1) is 7.19. The van der Waals surface area contributed by atoms with E-state index in [1.54, 1.807) is 12.1 Å². The topological polar surface area (TPSA) is 59.0 Å². The molecule has 1 aromatic carbocycles. The van der Waals surface area contributed by atoms with Crippen molar-refractivity contribution in [3.63, 3.8) is 0 Å². The van der Waals surface area contributed by atoms with E-state index < -0.39 is 0 Å². The van der Waals surface area contributed by atoms with Crippen molar-refractivity contribution in [3.05, 3.63) is 27.7 Å². The molecular formula is C10H10Cl2N2O. The Bertz CT molecular complexity index is 388. The number of hydrogen-bond donors (Lipinski definition) is 1. The molecule has 5 heteroatoms. The molecule has 0 spiro atoms. The zero-order valence-corrected chi connectivity index (χ0v) is 9.48. The molecule has 3 nitrogen and oxygen atoms in total. The number of rotatable bonds is 4. The SMILES string of the molecule is N#CCOc1c(Cl)cc(Cl)cc1CCN. The van der Waals surface area contributed by atoms with Crippen molar-refractivity contribution in [2.45, 2.75) is 6.42 Å². The van der Waals surface area contributed by atoms with Crippen molar-refractivity contribution < 1.29 is 4.74 Å². The number of ether oxygens (including phenoxy) is 1. The summed E-state index contributed by atoms with van der Waals surface area (Å²) in [6.45, 7) is 0.429. The van der Waals surface area contributed by atoms with E-state index in [1.807, 2.05) is 6.07 Å². The molecule has 0 bridgehead atoms. The Morgan fingerprint density at radius 3 is 2.73 bits per heavy atom. The zero-order chi connectivity index (χ0) is 11.3. The average molecular weight is 245 g/mol. The van der Waals surface area contributed by atoms with Crippen LogP contribution in [0.25, 0.3) is 0 Å². The normalized spacial score (nSPS) is 9.73. The van der Waals surface area contributed by atoms with Gasteiger partial charge in [0.15, 0.2) is 6.61 Å². The third kappa shape index (κ3) is 3.28. The van der Waals surface area contributed by atoms with Gasteiger partial charge < -0.3 is 10.5 Å². The molecule has 0 saturated carbocycles. The van der Waals surface area contributed by atoms with Crippen molar-refractivity contribution in [1.82, 2.24) is 0 Å². The van der Waals surface area contributed by atoms with Crippen LogP contribution in [0.15, 0.2) is 12.1 Å². The van der Waals surface area contributed by atoms with E-state index in [-0.39, 0.29) is 6.61 Å². The van der Waals surface area contributed by atoms with Gasteiger partial charge in [-0.15, -0.1) is 0 Å². The average Bonchev–Trinajstić information content (AvgIpc) is 2.17. The minimum atomic E-state index is -0.0427. The fourth-order valence-electron chi connectivity index (χ4n) is 1.22. The van der Waals surface area contributed by atoms with Gasteiger partial charge in [-0.1, -0.05) is 23.2 Å². The molecule has 2 N–H and O–H groups in total. The highest BCUT2D eigenvalue weighted by Crippen LogP contribution is 2.32. The molecule has 15 heavy (non-hydrogen) atoms. The Balaban J connectivity index is 3.04. The van der Waals surface area contributed by atoms with E-state index in [4.69, 9.17) is 38.9 Å². The van der Waals surface area contributed by atoms with Crippen LogP contribution >= 0.6 is 23.2 Å². The second-order valence-corrected chi connectivity index (χ2v) is 3.70. The van der Waals surface area contributed by atoms with Gasteiger partial charge in [0.2, 0.25) is 0 Å². The van der Waals surface area contributed by atoms with Crippen molar-refractivity contribution in [2.75, 3.05) is 13.2 Å². The standard InChI is InChI=1S/C10H10Cl2N2O/c11-8-5-7(1-2-13)10(9(12)6-8)15-4-3-14/h5-6H,1-2,4,13H2. The number of nitriles is 1. The van der Waals surface area contributed by atoms with E-state index in [9.17, 15) is 0 Å². The highest BCUT2D eigenvalue weighted by molar-refractivity contribution is 6.35. The third-order valence-corrected chi connectivity index (χ3v) is 2.28. The summed E-state index contributed by atoms with van der Waals surface area (Å²) >= 11 is 11.8. The molecule has 0 fully saturated rings. The molecular weight excluding hydrogens is 235 g/mol.